The molecule has 1 aliphatic rings. The second-order valence-corrected chi connectivity index (χ2v) is 6.91. The zero-order valence-corrected chi connectivity index (χ0v) is 14.4. The molecule has 2 atom stereocenters. The van der Waals surface area contributed by atoms with Crippen LogP contribution in [0.25, 0.3) is 22.3 Å². The first kappa shape index (κ1) is 16.0. The molecule has 2 aromatic carbocycles. The van der Waals surface area contributed by atoms with Gasteiger partial charge in [0.1, 0.15) is 11.6 Å². The summed E-state index contributed by atoms with van der Waals surface area (Å²) in [6.07, 6.45) is 4.92. The van der Waals surface area contributed by atoms with Gasteiger partial charge in [-0.3, -0.25) is 0 Å². The molecule has 0 radical (unpaired) electrons. The molecular weight excluding hydrogens is 313 g/mol. The quantitative estimate of drug-likeness (QED) is 0.694. The maximum Gasteiger partial charge on any atom is 0.165 e. The minimum atomic E-state index is -0.297. The van der Waals surface area contributed by atoms with Crippen molar-refractivity contribution < 1.29 is 4.39 Å². The van der Waals surface area contributed by atoms with Crippen molar-refractivity contribution in [3.63, 3.8) is 0 Å². The highest BCUT2D eigenvalue weighted by molar-refractivity contribution is 5.90. The number of nitrogens with zero attached hydrogens (tertiary/aromatic N) is 2. The standard InChI is InChI=1S/C21H22FN3/c1-14-8-2-6-12-18(14)23-21-16-10-4-7-13-19(16)24-20(25-21)15-9-3-5-11-17(15)22/h3-5,7,9-11,13-14,18H,2,6,8,12H2,1H3,(H,23,24,25)/t14-,18-/m0/s1. The minimum absolute atomic E-state index is 0.297. The molecule has 25 heavy (non-hydrogen) atoms. The van der Waals surface area contributed by atoms with Crippen molar-refractivity contribution in [3.8, 4) is 11.4 Å². The number of fused-ring (bicyclic) bond motifs is 1. The average Bonchev–Trinajstić information content (AvgIpc) is 2.64. The van der Waals surface area contributed by atoms with E-state index in [4.69, 9.17) is 4.98 Å². The Balaban J connectivity index is 1.80. The Morgan fingerprint density at radius 3 is 2.56 bits per heavy atom. The predicted molar refractivity (Wildman–Crippen MR) is 100.0 cm³/mol. The number of anilines is 1. The van der Waals surface area contributed by atoms with E-state index >= 15 is 0 Å². The summed E-state index contributed by atoms with van der Waals surface area (Å²) >= 11 is 0. The molecule has 0 aliphatic heterocycles. The molecule has 1 fully saturated rings. The van der Waals surface area contributed by atoms with Crippen LogP contribution in [0.5, 0.6) is 0 Å². The van der Waals surface area contributed by atoms with Crippen molar-refractivity contribution >= 4 is 16.7 Å². The van der Waals surface area contributed by atoms with Crippen LogP contribution in [0.1, 0.15) is 32.6 Å². The first-order valence-corrected chi connectivity index (χ1v) is 9.00. The van der Waals surface area contributed by atoms with Crippen LogP contribution in [0.15, 0.2) is 48.5 Å². The Morgan fingerprint density at radius 2 is 1.72 bits per heavy atom. The molecule has 0 bridgehead atoms. The molecule has 4 heteroatoms. The van der Waals surface area contributed by atoms with Crippen molar-refractivity contribution in [1.29, 1.82) is 0 Å². The fourth-order valence-electron chi connectivity index (χ4n) is 3.66. The van der Waals surface area contributed by atoms with E-state index in [9.17, 15) is 4.39 Å². The minimum Gasteiger partial charge on any atom is -0.366 e. The van der Waals surface area contributed by atoms with Gasteiger partial charge in [-0.15, -0.1) is 0 Å². The number of hydrogen-bond acceptors (Lipinski definition) is 3. The van der Waals surface area contributed by atoms with Crippen molar-refractivity contribution in [1.82, 2.24) is 9.97 Å². The van der Waals surface area contributed by atoms with Gasteiger partial charge in [0.15, 0.2) is 5.82 Å². The largest absolute Gasteiger partial charge is 0.366 e. The van der Waals surface area contributed by atoms with E-state index in [0.29, 0.717) is 23.3 Å². The number of benzene rings is 2. The molecule has 3 nitrogen and oxygen atoms in total. The van der Waals surface area contributed by atoms with Gasteiger partial charge in [0.2, 0.25) is 0 Å². The Morgan fingerprint density at radius 1 is 0.960 bits per heavy atom. The van der Waals surface area contributed by atoms with Crippen LogP contribution in [-0.4, -0.2) is 16.0 Å². The maximum atomic E-state index is 14.2. The van der Waals surface area contributed by atoms with Gasteiger partial charge in [-0.05, 0) is 43.0 Å². The third-order valence-corrected chi connectivity index (χ3v) is 5.15. The van der Waals surface area contributed by atoms with Gasteiger partial charge in [0.25, 0.3) is 0 Å². The third kappa shape index (κ3) is 3.21. The smallest absolute Gasteiger partial charge is 0.165 e. The lowest BCUT2D eigenvalue weighted by Gasteiger charge is -2.30. The number of hydrogen-bond donors (Lipinski definition) is 1. The number of rotatable bonds is 3. The Kier molecular flexibility index (Phi) is 4.35. The fourth-order valence-corrected chi connectivity index (χ4v) is 3.66. The number of para-hydroxylation sites is 1. The normalized spacial score (nSPS) is 20.6. The van der Waals surface area contributed by atoms with Crippen molar-refractivity contribution in [2.75, 3.05) is 5.32 Å². The molecule has 128 valence electrons. The second-order valence-electron chi connectivity index (χ2n) is 6.91. The molecule has 1 heterocycles. The van der Waals surface area contributed by atoms with Crippen molar-refractivity contribution in [2.45, 2.75) is 38.6 Å². The average molecular weight is 335 g/mol. The van der Waals surface area contributed by atoms with Gasteiger partial charge in [-0.25, -0.2) is 14.4 Å². The molecule has 0 amide bonds. The van der Waals surface area contributed by atoms with E-state index in [1.54, 1.807) is 12.1 Å². The summed E-state index contributed by atoms with van der Waals surface area (Å²) in [5.41, 5.74) is 1.27. The van der Waals surface area contributed by atoms with E-state index < -0.39 is 0 Å². The molecule has 0 saturated heterocycles. The summed E-state index contributed by atoms with van der Waals surface area (Å²) in [5.74, 6) is 1.56. The van der Waals surface area contributed by atoms with Gasteiger partial charge in [0, 0.05) is 11.4 Å². The van der Waals surface area contributed by atoms with Crippen molar-refractivity contribution in [2.24, 2.45) is 5.92 Å². The fraction of sp³-hybridized carbons (Fsp3) is 0.333. The zero-order valence-electron chi connectivity index (χ0n) is 14.4. The van der Waals surface area contributed by atoms with Crippen LogP contribution in [0.3, 0.4) is 0 Å². The van der Waals surface area contributed by atoms with Gasteiger partial charge in [-0.2, -0.15) is 0 Å². The van der Waals surface area contributed by atoms with Crippen LogP contribution in [0.4, 0.5) is 10.2 Å². The molecule has 1 aliphatic carbocycles. The summed E-state index contributed by atoms with van der Waals surface area (Å²) in [4.78, 5) is 9.29. The monoisotopic (exact) mass is 335 g/mol. The lowest BCUT2D eigenvalue weighted by atomic mass is 9.86. The van der Waals surface area contributed by atoms with Crippen LogP contribution in [0.2, 0.25) is 0 Å². The first-order valence-electron chi connectivity index (χ1n) is 9.00. The third-order valence-electron chi connectivity index (χ3n) is 5.15. The highest BCUT2D eigenvalue weighted by atomic mass is 19.1. The summed E-state index contributed by atoms with van der Waals surface area (Å²) in [6.45, 7) is 2.29. The lowest BCUT2D eigenvalue weighted by Crippen LogP contribution is -2.30. The summed E-state index contributed by atoms with van der Waals surface area (Å²) in [7, 11) is 0. The number of nitrogens with one attached hydrogen (secondary N) is 1. The molecule has 3 aromatic rings. The summed E-state index contributed by atoms with van der Waals surface area (Å²) < 4.78 is 14.2. The first-order chi connectivity index (χ1) is 12.2. The zero-order chi connectivity index (χ0) is 17.2. The SMILES string of the molecule is C[C@H]1CCCC[C@@H]1Nc1nc(-c2ccccc2F)nc2ccccc12. The lowest BCUT2D eigenvalue weighted by molar-refractivity contribution is 0.349. The molecule has 1 saturated carbocycles. The predicted octanol–water partition coefficient (Wildman–Crippen LogP) is 5.43. The molecule has 1 aromatic heterocycles. The van der Waals surface area contributed by atoms with E-state index in [-0.39, 0.29) is 5.82 Å². The second kappa shape index (κ2) is 6.79. The molecular formula is C21H22FN3. The van der Waals surface area contributed by atoms with Crippen molar-refractivity contribution in [3.05, 3.63) is 54.3 Å². The summed E-state index contributed by atoms with van der Waals surface area (Å²) in [6, 6.07) is 15.0. The van der Waals surface area contributed by atoms with Crippen LogP contribution in [0, 0.1) is 11.7 Å². The molecule has 1 N–H and O–H groups in total. The van der Waals surface area contributed by atoms with E-state index in [1.165, 1.54) is 25.3 Å². The summed E-state index contributed by atoms with van der Waals surface area (Å²) in [5, 5.41) is 4.62. The van der Waals surface area contributed by atoms with Gasteiger partial charge in [-0.1, -0.05) is 44.0 Å². The Hall–Kier alpha value is -2.49. The molecule has 0 unspecified atom stereocenters. The molecule has 0 spiro atoms. The number of aromatic nitrogens is 2. The van der Waals surface area contributed by atoms with Gasteiger partial charge in [0.05, 0.1) is 11.1 Å². The van der Waals surface area contributed by atoms with Gasteiger partial charge >= 0.3 is 0 Å². The molecule has 4 rings (SSSR count). The Bertz CT molecular complexity index is 893. The number of halogens is 1. The Labute approximate surface area is 147 Å². The maximum absolute atomic E-state index is 14.2. The van der Waals surface area contributed by atoms with E-state index in [2.05, 4.69) is 17.2 Å². The van der Waals surface area contributed by atoms with Crippen LogP contribution in [-0.2, 0) is 0 Å². The highest BCUT2D eigenvalue weighted by Gasteiger charge is 2.22. The van der Waals surface area contributed by atoms with Gasteiger partial charge < -0.3 is 5.32 Å². The van der Waals surface area contributed by atoms with E-state index in [1.807, 2.05) is 30.3 Å². The van der Waals surface area contributed by atoms with E-state index in [0.717, 1.165) is 23.1 Å². The highest BCUT2D eigenvalue weighted by Crippen LogP contribution is 2.30. The van der Waals surface area contributed by atoms with Crippen LogP contribution >= 0.6 is 0 Å². The van der Waals surface area contributed by atoms with Crippen LogP contribution < -0.4 is 5.32 Å². The topological polar surface area (TPSA) is 37.8 Å².